The molecule has 0 bridgehead atoms. The molecule has 382 valence electrons. The van der Waals surface area contributed by atoms with Gasteiger partial charge in [0.15, 0.2) is 0 Å². The van der Waals surface area contributed by atoms with Crippen molar-refractivity contribution in [1.82, 2.24) is 4.57 Å². The summed E-state index contributed by atoms with van der Waals surface area (Å²) >= 11 is 0. The highest BCUT2D eigenvalue weighted by Crippen LogP contribution is 2.51. The fourth-order valence-corrected chi connectivity index (χ4v) is 13.5. The van der Waals surface area contributed by atoms with Gasteiger partial charge in [-0.25, -0.2) is 0 Å². The number of furan rings is 1. The van der Waals surface area contributed by atoms with Crippen molar-refractivity contribution in [3.05, 3.63) is 202 Å². The van der Waals surface area contributed by atoms with Crippen LogP contribution >= 0.6 is 0 Å². The lowest BCUT2D eigenvalue weighted by Gasteiger charge is -2.46. The van der Waals surface area contributed by atoms with Crippen LogP contribution in [0.15, 0.2) is 156 Å². The number of aromatic nitrogens is 1. The summed E-state index contributed by atoms with van der Waals surface area (Å²) in [7, 11) is 0. The Hall–Kier alpha value is -7.76. The van der Waals surface area contributed by atoms with Crippen LogP contribution in [-0.2, 0) is 16.2 Å². The Labute approximate surface area is 456 Å². The Balaban J connectivity index is 1.16. The van der Waals surface area contributed by atoms with Gasteiger partial charge in [-0.15, -0.1) is 0 Å². The van der Waals surface area contributed by atoms with Gasteiger partial charge < -0.3 is 18.8 Å². The first-order valence-corrected chi connectivity index (χ1v) is 27.8. The van der Waals surface area contributed by atoms with Gasteiger partial charge in [-0.1, -0.05) is 159 Å². The monoisotopic (exact) mass is 1000 g/mol. The molecule has 0 saturated carbocycles. The van der Waals surface area contributed by atoms with E-state index in [1.807, 2.05) is 0 Å². The van der Waals surface area contributed by atoms with E-state index in [1.165, 1.54) is 139 Å². The molecular weight excluding hydrogens is 934 g/mol. The highest BCUT2D eigenvalue weighted by Gasteiger charge is 2.46. The zero-order valence-corrected chi connectivity index (χ0v) is 47.8. The van der Waals surface area contributed by atoms with Gasteiger partial charge in [-0.3, -0.25) is 0 Å². The van der Waals surface area contributed by atoms with Crippen molar-refractivity contribution in [2.24, 2.45) is 0 Å². The zero-order chi connectivity index (χ0) is 53.9. The van der Waals surface area contributed by atoms with Crippen LogP contribution in [0, 0.1) is 41.5 Å². The van der Waals surface area contributed by atoms with E-state index in [-0.39, 0.29) is 23.0 Å². The molecule has 0 fully saturated rings. The molecule has 0 saturated heterocycles. The smallest absolute Gasteiger partial charge is 0.252 e. The molecule has 9 aromatic carbocycles. The third kappa shape index (κ3) is 7.39. The summed E-state index contributed by atoms with van der Waals surface area (Å²) in [6.45, 7) is 35.0. The number of anilines is 6. The van der Waals surface area contributed by atoms with Crippen LogP contribution in [0.5, 0.6) is 0 Å². The summed E-state index contributed by atoms with van der Waals surface area (Å²) in [5.74, 6) is 0. The Morgan fingerprint density at radius 3 is 1.52 bits per heavy atom. The Bertz CT molecular complexity index is 4250. The minimum atomic E-state index is -0.175. The van der Waals surface area contributed by atoms with Crippen LogP contribution in [0.4, 0.5) is 34.1 Å². The molecule has 0 N–H and O–H groups in total. The van der Waals surface area contributed by atoms with Gasteiger partial charge in [-0.2, -0.15) is 0 Å². The second-order valence-corrected chi connectivity index (χ2v) is 25.8. The standard InChI is InChI=1S/C72H70BN3O/c1-41-22-20-23-42(2)67(41)74-57-27-18-16-24-52(57)54-39-56-60(40-58(54)74)76(69-45(5)34-49(35-46(69)6)71(10,11)12)62-38-50(72(13,14)15)37-61-66(62)73(56)55-31-30-48(70(7,8)9)36-59(55)75(61)68-43(3)32-47(33-44(68)4)51-26-21-29-64-65(51)53-25-17-19-28-63(53)77-64/h16-40H,1-15H3. The Morgan fingerprint density at radius 2 is 0.896 bits per heavy atom. The minimum Gasteiger partial charge on any atom is -0.456 e. The summed E-state index contributed by atoms with van der Waals surface area (Å²) in [5, 5.41) is 4.84. The number of rotatable bonds is 4. The molecule has 11 aromatic rings. The van der Waals surface area contributed by atoms with Gasteiger partial charge in [0.1, 0.15) is 11.2 Å². The van der Waals surface area contributed by atoms with Gasteiger partial charge in [0.25, 0.3) is 6.71 Å². The largest absolute Gasteiger partial charge is 0.456 e. The maximum atomic E-state index is 6.45. The third-order valence-corrected chi connectivity index (χ3v) is 17.3. The van der Waals surface area contributed by atoms with Crippen LogP contribution in [0.25, 0.3) is 60.6 Å². The zero-order valence-electron chi connectivity index (χ0n) is 47.8. The van der Waals surface area contributed by atoms with Crippen molar-refractivity contribution < 1.29 is 4.42 Å². The average Bonchev–Trinajstić information content (AvgIpc) is 4.02. The lowest BCUT2D eigenvalue weighted by Crippen LogP contribution is -2.61. The number of para-hydroxylation sites is 3. The normalized spacial score (nSPS) is 13.6. The van der Waals surface area contributed by atoms with Crippen molar-refractivity contribution in [3.8, 4) is 16.8 Å². The molecule has 0 aliphatic carbocycles. The molecule has 0 atom stereocenters. The van der Waals surface area contributed by atoms with Crippen molar-refractivity contribution in [1.29, 1.82) is 0 Å². The molecule has 0 amide bonds. The van der Waals surface area contributed by atoms with Gasteiger partial charge in [0.05, 0.1) is 28.1 Å². The van der Waals surface area contributed by atoms with E-state index in [0.29, 0.717) is 0 Å². The number of benzene rings is 9. The van der Waals surface area contributed by atoms with E-state index >= 15 is 0 Å². The van der Waals surface area contributed by atoms with E-state index < -0.39 is 0 Å². The van der Waals surface area contributed by atoms with Crippen LogP contribution in [0.1, 0.15) is 112 Å². The van der Waals surface area contributed by atoms with E-state index in [1.54, 1.807) is 0 Å². The van der Waals surface area contributed by atoms with Crippen molar-refractivity contribution >= 4 is 101 Å². The first kappa shape index (κ1) is 48.9. The molecule has 0 unspecified atom stereocenters. The highest BCUT2D eigenvalue weighted by atomic mass is 16.3. The highest BCUT2D eigenvalue weighted by molar-refractivity contribution is 7.00. The first-order chi connectivity index (χ1) is 36.6. The lowest BCUT2D eigenvalue weighted by molar-refractivity contribution is 0.589. The predicted molar refractivity (Wildman–Crippen MR) is 332 cm³/mol. The number of aryl methyl sites for hydroxylation is 6. The van der Waals surface area contributed by atoms with E-state index in [2.05, 4.69) is 270 Å². The molecule has 13 rings (SSSR count). The molecule has 0 radical (unpaired) electrons. The second-order valence-electron chi connectivity index (χ2n) is 25.8. The van der Waals surface area contributed by atoms with Crippen molar-refractivity contribution in [2.45, 2.75) is 120 Å². The van der Waals surface area contributed by atoms with Crippen LogP contribution < -0.4 is 26.2 Å². The third-order valence-electron chi connectivity index (χ3n) is 17.3. The van der Waals surface area contributed by atoms with Crippen molar-refractivity contribution in [3.63, 3.8) is 0 Å². The van der Waals surface area contributed by atoms with Gasteiger partial charge in [0.2, 0.25) is 0 Å². The van der Waals surface area contributed by atoms with Crippen LogP contribution in [0.2, 0.25) is 0 Å². The summed E-state index contributed by atoms with van der Waals surface area (Å²) in [4.78, 5) is 5.36. The molecule has 4 heterocycles. The summed E-state index contributed by atoms with van der Waals surface area (Å²) in [5.41, 5.74) is 30.5. The number of fused-ring (bicyclic) bond motifs is 10. The molecular formula is C72H70BN3O. The summed E-state index contributed by atoms with van der Waals surface area (Å²) in [6.07, 6.45) is 0. The van der Waals surface area contributed by atoms with Gasteiger partial charge >= 0.3 is 0 Å². The molecule has 5 heteroatoms. The molecule has 2 aliphatic heterocycles. The average molecular weight is 1000 g/mol. The van der Waals surface area contributed by atoms with E-state index in [9.17, 15) is 0 Å². The van der Waals surface area contributed by atoms with Gasteiger partial charge in [-0.05, 0) is 190 Å². The maximum absolute atomic E-state index is 6.45. The number of hydrogen-bond acceptors (Lipinski definition) is 3. The second kappa shape index (κ2) is 16.9. The lowest BCUT2D eigenvalue weighted by atomic mass is 9.33. The quantitative estimate of drug-likeness (QED) is 0.164. The fraction of sp³-hybridized carbons (Fsp3) is 0.250. The molecule has 2 aliphatic rings. The van der Waals surface area contributed by atoms with Gasteiger partial charge in [0, 0.05) is 44.3 Å². The number of nitrogens with zero attached hydrogens (tertiary/aromatic N) is 3. The fourth-order valence-electron chi connectivity index (χ4n) is 13.5. The topological polar surface area (TPSA) is 24.6 Å². The molecule has 0 spiro atoms. The molecule has 2 aromatic heterocycles. The van der Waals surface area contributed by atoms with E-state index in [0.717, 1.165) is 21.9 Å². The summed E-state index contributed by atoms with van der Waals surface area (Å²) in [6, 6.07) is 58.2. The summed E-state index contributed by atoms with van der Waals surface area (Å²) < 4.78 is 9.00. The van der Waals surface area contributed by atoms with Crippen LogP contribution in [-0.4, -0.2) is 11.3 Å². The molecule has 77 heavy (non-hydrogen) atoms. The minimum absolute atomic E-state index is 0.0109. The molecule has 4 nitrogen and oxygen atoms in total. The Morgan fingerprint density at radius 1 is 0.377 bits per heavy atom. The SMILES string of the molecule is Cc1cc(-c2cccc3oc4ccccc4c23)cc(C)c1N1c2cc(C(C)(C)C)ccc2B2c3cc4c5ccccc5n(-c5c(C)cccc5C)c4cc3N(c3c(C)cc(C(C)(C)C)cc3C)c3cc(C(C)(C)C)cc1c32. The maximum Gasteiger partial charge on any atom is 0.252 e. The van der Waals surface area contributed by atoms with Crippen LogP contribution in [0.3, 0.4) is 0 Å². The number of hydrogen-bond donors (Lipinski definition) is 0. The van der Waals surface area contributed by atoms with Crippen molar-refractivity contribution in [2.75, 3.05) is 9.80 Å². The predicted octanol–water partition coefficient (Wildman–Crippen LogP) is 18.2. The Kier molecular flexibility index (Phi) is 10.7. The first-order valence-electron chi connectivity index (χ1n) is 27.8. The van der Waals surface area contributed by atoms with E-state index in [4.69, 9.17) is 4.42 Å².